The second-order valence-electron chi connectivity index (χ2n) is 7.90. The predicted molar refractivity (Wildman–Crippen MR) is 122 cm³/mol. The van der Waals surface area contributed by atoms with Crippen molar-refractivity contribution in [1.29, 1.82) is 0 Å². The SMILES string of the molecule is CN(C)c1ccc(N2C(=O)C(=O)/C(=C(\O)c3ccc4c(c3)OCO4)C2c2ccccn2)cc1. The molecule has 8 nitrogen and oxygen atoms in total. The van der Waals surface area contributed by atoms with Gasteiger partial charge in [0.1, 0.15) is 11.8 Å². The molecule has 3 heterocycles. The molecule has 5 rings (SSSR count). The molecule has 2 aliphatic rings. The van der Waals surface area contributed by atoms with E-state index in [4.69, 9.17) is 9.47 Å². The van der Waals surface area contributed by atoms with E-state index in [9.17, 15) is 14.7 Å². The summed E-state index contributed by atoms with van der Waals surface area (Å²) in [5, 5.41) is 11.2. The number of aromatic nitrogens is 1. The number of hydrogen-bond acceptors (Lipinski definition) is 7. The van der Waals surface area contributed by atoms with Gasteiger partial charge in [-0.15, -0.1) is 0 Å². The Labute approximate surface area is 190 Å². The van der Waals surface area contributed by atoms with E-state index in [1.807, 2.05) is 31.1 Å². The number of anilines is 2. The highest BCUT2D eigenvalue weighted by atomic mass is 16.7. The van der Waals surface area contributed by atoms with Gasteiger partial charge in [0.05, 0.1) is 11.3 Å². The summed E-state index contributed by atoms with van der Waals surface area (Å²) in [5.74, 6) is -0.797. The van der Waals surface area contributed by atoms with Gasteiger partial charge < -0.3 is 19.5 Å². The number of rotatable bonds is 4. The molecule has 33 heavy (non-hydrogen) atoms. The molecule has 1 atom stereocenters. The zero-order valence-electron chi connectivity index (χ0n) is 18.1. The number of nitrogens with zero attached hydrogens (tertiary/aromatic N) is 3. The summed E-state index contributed by atoms with van der Waals surface area (Å²) in [4.78, 5) is 34.1. The van der Waals surface area contributed by atoms with Crippen molar-refractivity contribution in [3.8, 4) is 11.5 Å². The van der Waals surface area contributed by atoms with Crippen LogP contribution in [0, 0.1) is 0 Å². The van der Waals surface area contributed by atoms with E-state index in [0.29, 0.717) is 28.4 Å². The summed E-state index contributed by atoms with van der Waals surface area (Å²) in [6, 6.07) is 16.5. The highest BCUT2D eigenvalue weighted by Gasteiger charge is 2.47. The van der Waals surface area contributed by atoms with Crippen LogP contribution in [0.15, 0.2) is 72.4 Å². The topological polar surface area (TPSA) is 92.2 Å². The molecule has 0 saturated carbocycles. The molecular weight excluding hydrogens is 422 g/mol. The Morgan fingerprint density at radius 3 is 2.48 bits per heavy atom. The van der Waals surface area contributed by atoms with Crippen LogP contribution in [-0.4, -0.2) is 42.7 Å². The number of hydrogen-bond donors (Lipinski definition) is 1. The first-order valence-corrected chi connectivity index (χ1v) is 10.3. The van der Waals surface area contributed by atoms with Crippen molar-refractivity contribution >= 4 is 28.8 Å². The largest absolute Gasteiger partial charge is 0.507 e. The Bertz CT molecular complexity index is 1270. The smallest absolute Gasteiger partial charge is 0.300 e. The highest BCUT2D eigenvalue weighted by Crippen LogP contribution is 2.43. The standard InChI is InChI=1S/C25H21N3O5/c1-27(2)16-7-9-17(10-8-16)28-22(18-5-3-4-12-26-18)21(24(30)25(28)31)23(29)15-6-11-19-20(13-15)33-14-32-19/h3-13,22,29H,14H2,1-2H3/b23-21-. The van der Waals surface area contributed by atoms with Gasteiger partial charge in [-0.05, 0) is 54.6 Å². The molecule has 0 aliphatic carbocycles. The lowest BCUT2D eigenvalue weighted by molar-refractivity contribution is -0.132. The number of ketones is 1. The number of carbonyl (C=O) groups is 2. The van der Waals surface area contributed by atoms with Gasteiger partial charge in [0.2, 0.25) is 6.79 Å². The van der Waals surface area contributed by atoms with E-state index in [0.717, 1.165) is 5.69 Å². The monoisotopic (exact) mass is 443 g/mol. The molecule has 1 aromatic heterocycles. The van der Waals surface area contributed by atoms with Crippen LogP contribution in [0.1, 0.15) is 17.3 Å². The van der Waals surface area contributed by atoms with Crippen molar-refractivity contribution in [3.63, 3.8) is 0 Å². The van der Waals surface area contributed by atoms with E-state index >= 15 is 0 Å². The molecule has 8 heteroatoms. The Balaban J connectivity index is 1.66. The van der Waals surface area contributed by atoms with E-state index in [1.54, 1.807) is 54.7 Å². The molecule has 1 saturated heterocycles. The first-order chi connectivity index (χ1) is 16.0. The summed E-state index contributed by atoms with van der Waals surface area (Å²) >= 11 is 0. The minimum Gasteiger partial charge on any atom is -0.507 e. The van der Waals surface area contributed by atoms with Crippen LogP contribution in [0.5, 0.6) is 11.5 Å². The van der Waals surface area contributed by atoms with Crippen LogP contribution >= 0.6 is 0 Å². The number of fused-ring (bicyclic) bond motifs is 1. The third kappa shape index (κ3) is 3.45. The zero-order valence-corrected chi connectivity index (χ0v) is 18.1. The minimum atomic E-state index is -0.887. The Kier molecular flexibility index (Phi) is 4.97. The maximum absolute atomic E-state index is 13.2. The van der Waals surface area contributed by atoms with Crippen LogP contribution in [0.3, 0.4) is 0 Å². The molecule has 1 unspecified atom stereocenters. The fourth-order valence-electron chi connectivity index (χ4n) is 4.03. The minimum absolute atomic E-state index is 0.0331. The van der Waals surface area contributed by atoms with Gasteiger partial charge in [0.15, 0.2) is 11.5 Å². The van der Waals surface area contributed by atoms with Crippen molar-refractivity contribution in [2.75, 3.05) is 30.7 Å². The van der Waals surface area contributed by atoms with Crippen molar-refractivity contribution in [2.24, 2.45) is 0 Å². The summed E-state index contributed by atoms with van der Waals surface area (Å²) in [6.07, 6.45) is 1.59. The lowest BCUT2D eigenvalue weighted by Gasteiger charge is -2.25. The number of pyridine rings is 1. The van der Waals surface area contributed by atoms with Gasteiger partial charge in [0, 0.05) is 37.2 Å². The second-order valence-corrected chi connectivity index (χ2v) is 7.90. The normalized spacial score (nSPS) is 18.6. The van der Waals surface area contributed by atoms with Crippen LogP contribution in [0.4, 0.5) is 11.4 Å². The summed E-state index contributed by atoms with van der Waals surface area (Å²) in [7, 11) is 3.83. The maximum Gasteiger partial charge on any atom is 0.300 e. The Morgan fingerprint density at radius 2 is 1.79 bits per heavy atom. The average Bonchev–Trinajstić information content (AvgIpc) is 3.41. The first kappa shape index (κ1) is 20.6. The molecule has 0 radical (unpaired) electrons. The van der Waals surface area contributed by atoms with Crippen molar-refractivity contribution < 1.29 is 24.2 Å². The van der Waals surface area contributed by atoms with E-state index < -0.39 is 17.7 Å². The van der Waals surface area contributed by atoms with Crippen LogP contribution in [0.25, 0.3) is 5.76 Å². The van der Waals surface area contributed by atoms with Gasteiger partial charge in [-0.2, -0.15) is 0 Å². The number of aliphatic hydroxyl groups excluding tert-OH is 1. The lowest BCUT2D eigenvalue weighted by Crippen LogP contribution is -2.29. The van der Waals surface area contributed by atoms with E-state index in [1.165, 1.54) is 4.90 Å². The number of carbonyl (C=O) groups excluding carboxylic acids is 2. The number of ether oxygens (including phenoxy) is 2. The molecule has 0 bridgehead atoms. The zero-order chi connectivity index (χ0) is 23.1. The summed E-state index contributed by atoms with van der Waals surface area (Å²) in [5.41, 5.74) is 2.26. The number of amides is 1. The van der Waals surface area contributed by atoms with Gasteiger partial charge in [-0.1, -0.05) is 6.07 Å². The predicted octanol–water partition coefficient (Wildman–Crippen LogP) is 3.50. The Morgan fingerprint density at radius 1 is 1.03 bits per heavy atom. The average molecular weight is 443 g/mol. The molecule has 1 fully saturated rings. The number of Topliss-reactive ketones (excluding diaryl/α,β-unsaturated/α-hetero) is 1. The lowest BCUT2D eigenvalue weighted by atomic mass is 9.98. The van der Waals surface area contributed by atoms with Gasteiger partial charge in [-0.3, -0.25) is 19.5 Å². The number of benzene rings is 2. The van der Waals surface area contributed by atoms with E-state index in [-0.39, 0.29) is 18.1 Å². The third-order valence-corrected chi connectivity index (χ3v) is 5.70. The molecule has 2 aliphatic heterocycles. The highest BCUT2D eigenvalue weighted by molar-refractivity contribution is 6.51. The first-order valence-electron chi connectivity index (χ1n) is 10.3. The molecular formula is C25H21N3O5. The van der Waals surface area contributed by atoms with Crippen LogP contribution in [-0.2, 0) is 9.59 Å². The summed E-state index contributed by atoms with van der Waals surface area (Å²) < 4.78 is 10.7. The van der Waals surface area contributed by atoms with Crippen LogP contribution in [0.2, 0.25) is 0 Å². The van der Waals surface area contributed by atoms with Crippen molar-refractivity contribution in [1.82, 2.24) is 4.98 Å². The molecule has 0 spiro atoms. The summed E-state index contributed by atoms with van der Waals surface area (Å²) in [6.45, 7) is 0.0841. The molecule has 3 aromatic rings. The molecule has 1 amide bonds. The second kappa shape index (κ2) is 7.98. The number of aliphatic hydroxyl groups is 1. The van der Waals surface area contributed by atoms with Gasteiger partial charge in [0.25, 0.3) is 11.7 Å². The van der Waals surface area contributed by atoms with Gasteiger partial charge >= 0.3 is 0 Å². The van der Waals surface area contributed by atoms with E-state index in [2.05, 4.69) is 4.98 Å². The fourth-order valence-corrected chi connectivity index (χ4v) is 4.03. The fraction of sp³-hybridized carbons (Fsp3) is 0.160. The van der Waals surface area contributed by atoms with Gasteiger partial charge in [-0.25, -0.2) is 0 Å². The molecule has 2 aromatic carbocycles. The third-order valence-electron chi connectivity index (χ3n) is 5.70. The maximum atomic E-state index is 13.2. The molecule has 166 valence electrons. The van der Waals surface area contributed by atoms with Crippen molar-refractivity contribution in [3.05, 3.63) is 83.7 Å². The quantitative estimate of drug-likeness (QED) is 0.375. The molecule has 1 N–H and O–H groups in total. The Hall–Kier alpha value is -4.33. The van der Waals surface area contributed by atoms with Crippen molar-refractivity contribution in [2.45, 2.75) is 6.04 Å². The van der Waals surface area contributed by atoms with Crippen LogP contribution < -0.4 is 19.3 Å².